The molecular weight excluding hydrogens is 303 g/mol. The molecule has 0 saturated carbocycles. The summed E-state index contributed by atoms with van der Waals surface area (Å²) in [6.45, 7) is 14.4. The largest absolute Gasteiger partial charge is 0.456 e. The van der Waals surface area contributed by atoms with Crippen LogP contribution in [-0.4, -0.2) is 12.4 Å². The Labute approximate surface area is 137 Å². The van der Waals surface area contributed by atoms with Gasteiger partial charge in [-0.2, -0.15) is 13.2 Å². The van der Waals surface area contributed by atoms with Gasteiger partial charge in [-0.1, -0.05) is 46.4 Å². The van der Waals surface area contributed by atoms with E-state index < -0.39 is 11.9 Å². The predicted molar refractivity (Wildman–Crippen MR) is 91.9 cm³/mol. The van der Waals surface area contributed by atoms with Gasteiger partial charge < -0.3 is 4.74 Å². The van der Waals surface area contributed by atoms with Gasteiger partial charge in [-0.25, -0.2) is 4.99 Å². The standard InChI is InChI=1S/C14H14F3NO.2C2H6/c1-4-12(9-18-11(3)14(15,16)17)19-13-7-5-6-10(2)8-13;2*1-2/h4-9H,3H2,1-2H3;2*1-2H3/b12-4+,18-9?;;. The van der Waals surface area contributed by atoms with Crippen molar-refractivity contribution in [2.45, 2.75) is 47.7 Å². The number of ether oxygens (including phenoxy) is 1. The van der Waals surface area contributed by atoms with Crippen LogP contribution in [0.25, 0.3) is 0 Å². The van der Waals surface area contributed by atoms with Gasteiger partial charge >= 0.3 is 6.18 Å². The van der Waals surface area contributed by atoms with Crippen LogP contribution in [0.1, 0.15) is 40.2 Å². The molecule has 0 N–H and O–H groups in total. The van der Waals surface area contributed by atoms with E-state index in [1.807, 2.05) is 40.7 Å². The minimum atomic E-state index is -4.53. The fourth-order valence-electron chi connectivity index (χ4n) is 1.19. The second kappa shape index (κ2) is 12.5. The SMILES string of the molecule is C=C(N=C/C(=C\C)Oc1cccc(C)c1)C(F)(F)F.CC.CC. The van der Waals surface area contributed by atoms with Crippen molar-refractivity contribution in [2.75, 3.05) is 0 Å². The molecule has 0 bridgehead atoms. The van der Waals surface area contributed by atoms with Crippen LogP contribution in [0.3, 0.4) is 0 Å². The first-order valence-corrected chi connectivity index (χ1v) is 7.54. The number of aliphatic imine (C=N–C) groups is 1. The lowest BCUT2D eigenvalue weighted by Crippen LogP contribution is -2.09. The topological polar surface area (TPSA) is 21.6 Å². The molecule has 0 heterocycles. The summed E-state index contributed by atoms with van der Waals surface area (Å²) in [4.78, 5) is 3.25. The number of hydrogen-bond donors (Lipinski definition) is 0. The number of nitrogens with zero attached hydrogens (tertiary/aromatic N) is 1. The summed E-state index contributed by atoms with van der Waals surface area (Å²) in [5.74, 6) is 0.758. The van der Waals surface area contributed by atoms with Crippen molar-refractivity contribution in [3.63, 3.8) is 0 Å². The van der Waals surface area contributed by atoms with E-state index in [2.05, 4.69) is 11.6 Å². The molecule has 0 spiro atoms. The minimum absolute atomic E-state index is 0.219. The molecule has 0 aliphatic carbocycles. The summed E-state index contributed by atoms with van der Waals surface area (Å²) in [5.41, 5.74) is -0.177. The van der Waals surface area contributed by atoms with Crippen LogP contribution in [0.5, 0.6) is 5.75 Å². The van der Waals surface area contributed by atoms with Gasteiger partial charge in [0.2, 0.25) is 0 Å². The monoisotopic (exact) mass is 329 g/mol. The van der Waals surface area contributed by atoms with Crippen molar-refractivity contribution < 1.29 is 17.9 Å². The van der Waals surface area contributed by atoms with Crippen molar-refractivity contribution in [3.05, 3.63) is 53.9 Å². The van der Waals surface area contributed by atoms with Gasteiger partial charge in [0.15, 0.2) is 0 Å². The van der Waals surface area contributed by atoms with Gasteiger partial charge in [0, 0.05) is 0 Å². The summed E-state index contributed by atoms with van der Waals surface area (Å²) in [7, 11) is 0. The van der Waals surface area contributed by atoms with E-state index in [9.17, 15) is 13.2 Å². The highest BCUT2D eigenvalue weighted by Crippen LogP contribution is 2.24. The zero-order valence-corrected chi connectivity index (χ0v) is 14.7. The number of alkyl halides is 3. The third-order valence-corrected chi connectivity index (χ3v) is 2.18. The van der Waals surface area contributed by atoms with Crippen molar-refractivity contribution >= 4 is 6.21 Å². The van der Waals surface area contributed by atoms with Crippen LogP contribution in [0, 0.1) is 6.92 Å². The molecule has 1 aromatic carbocycles. The van der Waals surface area contributed by atoms with Gasteiger partial charge in [-0.3, -0.25) is 0 Å². The summed E-state index contributed by atoms with van der Waals surface area (Å²) < 4.78 is 42.0. The van der Waals surface area contributed by atoms with Crippen molar-refractivity contribution in [1.29, 1.82) is 0 Å². The van der Waals surface area contributed by atoms with Gasteiger partial charge in [-0.15, -0.1) is 0 Å². The fourth-order valence-corrected chi connectivity index (χ4v) is 1.19. The van der Waals surface area contributed by atoms with Crippen LogP contribution in [0.15, 0.2) is 53.4 Å². The van der Waals surface area contributed by atoms with E-state index in [-0.39, 0.29) is 5.76 Å². The van der Waals surface area contributed by atoms with Crippen molar-refractivity contribution in [3.8, 4) is 5.75 Å². The molecule has 1 aromatic rings. The maximum Gasteiger partial charge on any atom is 0.432 e. The Bertz CT molecular complexity index is 517. The molecule has 5 heteroatoms. The quantitative estimate of drug-likeness (QED) is 0.458. The summed E-state index contributed by atoms with van der Waals surface area (Å²) in [5, 5.41) is 0. The Kier molecular flexibility index (Phi) is 12.6. The molecule has 0 atom stereocenters. The molecular formula is C18H26F3NO. The van der Waals surface area contributed by atoms with E-state index >= 15 is 0 Å². The summed E-state index contributed by atoms with van der Waals surface area (Å²) in [6.07, 6.45) is -2.01. The second-order valence-electron chi connectivity index (χ2n) is 3.81. The Balaban J connectivity index is 0. The normalized spacial score (nSPS) is 11.1. The summed E-state index contributed by atoms with van der Waals surface area (Å²) >= 11 is 0. The molecule has 0 amide bonds. The number of aryl methyl sites for hydroxylation is 1. The average molecular weight is 329 g/mol. The lowest BCUT2D eigenvalue weighted by atomic mass is 10.2. The van der Waals surface area contributed by atoms with E-state index in [1.54, 1.807) is 25.1 Å². The number of allylic oxidation sites excluding steroid dienone is 3. The molecule has 23 heavy (non-hydrogen) atoms. The van der Waals surface area contributed by atoms with Crippen LogP contribution < -0.4 is 4.74 Å². The van der Waals surface area contributed by atoms with E-state index in [1.165, 1.54) is 6.08 Å². The predicted octanol–water partition coefficient (Wildman–Crippen LogP) is 6.48. The van der Waals surface area contributed by atoms with Gasteiger partial charge in [-0.05, 0) is 37.6 Å². The lowest BCUT2D eigenvalue weighted by molar-refractivity contribution is -0.0918. The smallest absolute Gasteiger partial charge is 0.432 e. The molecule has 1 rings (SSSR count). The highest BCUT2D eigenvalue weighted by Gasteiger charge is 2.31. The second-order valence-corrected chi connectivity index (χ2v) is 3.81. The Hall–Kier alpha value is -2.04. The third kappa shape index (κ3) is 10.3. The molecule has 0 radical (unpaired) electrons. The molecule has 0 saturated heterocycles. The number of halogens is 3. The highest BCUT2D eigenvalue weighted by atomic mass is 19.4. The molecule has 0 unspecified atom stereocenters. The summed E-state index contributed by atoms with van der Waals surface area (Å²) in [6, 6.07) is 7.17. The minimum Gasteiger partial charge on any atom is -0.456 e. The third-order valence-electron chi connectivity index (χ3n) is 2.18. The van der Waals surface area contributed by atoms with Gasteiger partial charge in [0.1, 0.15) is 17.2 Å². The number of hydrogen-bond acceptors (Lipinski definition) is 2. The average Bonchev–Trinajstić information content (AvgIpc) is 2.54. The number of benzene rings is 1. The van der Waals surface area contributed by atoms with Crippen LogP contribution in [0.2, 0.25) is 0 Å². The maximum atomic E-state index is 12.2. The Morgan fingerprint density at radius 3 is 2.17 bits per heavy atom. The maximum absolute atomic E-state index is 12.2. The van der Waals surface area contributed by atoms with E-state index in [4.69, 9.17) is 4.74 Å². The molecule has 0 aliphatic rings. The lowest BCUT2D eigenvalue weighted by Gasteiger charge is -2.07. The zero-order valence-electron chi connectivity index (χ0n) is 14.7. The Morgan fingerprint density at radius 2 is 1.74 bits per heavy atom. The van der Waals surface area contributed by atoms with Gasteiger partial charge in [0.25, 0.3) is 0 Å². The Morgan fingerprint density at radius 1 is 1.17 bits per heavy atom. The molecule has 130 valence electrons. The number of rotatable bonds is 4. The van der Waals surface area contributed by atoms with Crippen molar-refractivity contribution in [1.82, 2.24) is 0 Å². The van der Waals surface area contributed by atoms with Crippen molar-refractivity contribution in [2.24, 2.45) is 4.99 Å². The molecule has 0 fully saturated rings. The molecule has 0 aromatic heterocycles. The first-order valence-electron chi connectivity index (χ1n) is 7.54. The highest BCUT2D eigenvalue weighted by molar-refractivity contribution is 5.77. The van der Waals surface area contributed by atoms with Gasteiger partial charge in [0.05, 0.1) is 6.21 Å². The van der Waals surface area contributed by atoms with Crippen LogP contribution in [0.4, 0.5) is 13.2 Å². The van der Waals surface area contributed by atoms with Crippen LogP contribution in [-0.2, 0) is 0 Å². The first-order chi connectivity index (χ1) is 10.8. The molecule has 0 aliphatic heterocycles. The van der Waals surface area contributed by atoms with E-state index in [0.717, 1.165) is 11.8 Å². The zero-order chi connectivity index (χ0) is 18.5. The fraction of sp³-hybridized carbons (Fsp3) is 0.389. The molecule has 2 nitrogen and oxygen atoms in total. The van der Waals surface area contributed by atoms with Crippen LogP contribution >= 0.6 is 0 Å². The first kappa shape index (κ1) is 23.2. The van der Waals surface area contributed by atoms with E-state index in [0.29, 0.717) is 5.75 Å².